The Hall–Kier alpha value is -2.57. The maximum atomic E-state index is 11.8. The van der Waals surface area contributed by atoms with Crippen LogP contribution in [-0.4, -0.2) is 18.6 Å². The minimum atomic E-state index is -0.293. The standard InChI is InChI=1S/C26H29NO2/c1-4-29-25(28)20-10-7-18(8-11-20)5-6-19-9-14-22-23(17-19)26(2,3)16-15-24(22)27-21-12-13-21/h7-11,14,17,21,24,27H,4,12-13,15-16H2,1-3H3. The van der Waals surface area contributed by atoms with E-state index in [4.69, 9.17) is 4.74 Å². The SMILES string of the molecule is CCOC(=O)c1ccc(C#Cc2ccc3c(c2)C(C)(C)CCC3NC2CC2)cc1. The number of esters is 1. The maximum absolute atomic E-state index is 11.8. The molecule has 2 aromatic rings. The van der Waals surface area contributed by atoms with Gasteiger partial charge in [-0.2, -0.15) is 0 Å². The summed E-state index contributed by atoms with van der Waals surface area (Å²) in [4.78, 5) is 11.8. The molecule has 0 amide bonds. The highest BCUT2D eigenvalue weighted by Gasteiger charge is 2.35. The monoisotopic (exact) mass is 387 g/mol. The molecule has 3 heteroatoms. The Balaban J connectivity index is 1.55. The van der Waals surface area contributed by atoms with Crippen molar-refractivity contribution in [2.75, 3.05) is 6.61 Å². The van der Waals surface area contributed by atoms with Crippen LogP contribution in [0.1, 0.15) is 85.1 Å². The molecule has 4 rings (SSSR count). The molecule has 3 nitrogen and oxygen atoms in total. The summed E-state index contributed by atoms with van der Waals surface area (Å²) in [6, 6.07) is 15.2. The van der Waals surface area contributed by atoms with Crippen LogP contribution in [0.2, 0.25) is 0 Å². The number of hydrogen-bond donors (Lipinski definition) is 1. The maximum Gasteiger partial charge on any atom is 0.338 e. The summed E-state index contributed by atoms with van der Waals surface area (Å²) in [6.45, 7) is 6.86. The van der Waals surface area contributed by atoms with E-state index < -0.39 is 0 Å². The van der Waals surface area contributed by atoms with Gasteiger partial charge in [0.15, 0.2) is 0 Å². The number of carbonyl (C=O) groups excluding carboxylic acids is 1. The van der Waals surface area contributed by atoms with E-state index >= 15 is 0 Å². The molecular formula is C26H29NO2. The highest BCUT2D eigenvalue weighted by Crippen LogP contribution is 2.43. The van der Waals surface area contributed by atoms with Gasteiger partial charge in [0.25, 0.3) is 0 Å². The third kappa shape index (κ3) is 4.54. The summed E-state index contributed by atoms with van der Waals surface area (Å²) in [5.41, 5.74) is 5.53. The second-order valence-corrected chi connectivity index (χ2v) is 8.77. The van der Waals surface area contributed by atoms with Gasteiger partial charge in [0, 0.05) is 23.2 Å². The van der Waals surface area contributed by atoms with Crippen molar-refractivity contribution in [2.24, 2.45) is 0 Å². The highest BCUT2D eigenvalue weighted by atomic mass is 16.5. The number of nitrogens with one attached hydrogen (secondary N) is 1. The molecule has 150 valence electrons. The van der Waals surface area contributed by atoms with Gasteiger partial charge < -0.3 is 10.1 Å². The average Bonchev–Trinajstić information content (AvgIpc) is 3.53. The topological polar surface area (TPSA) is 38.3 Å². The summed E-state index contributed by atoms with van der Waals surface area (Å²) in [5.74, 6) is 6.24. The first kappa shape index (κ1) is 19.7. The molecule has 0 heterocycles. The lowest BCUT2D eigenvalue weighted by Gasteiger charge is -2.37. The molecule has 1 unspecified atom stereocenters. The van der Waals surface area contributed by atoms with Crippen LogP contribution in [-0.2, 0) is 10.2 Å². The first-order chi connectivity index (χ1) is 14.0. The summed E-state index contributed by atoms with van der Waals surface area (Å²) < 4.78 is 5.03. The van der Waals surface area contributed by atoms with Crippen molar-refractivity contribution in [1.29, 1.82) is 0 Å². The van der Waals surface area contributed by atoms with Crippen LogP contribution in [0.25, 0.3) is 0 Å². The van der Waals surface area contributed by atoms with Gasteiger partial charge in [-0.1, -0.05) is 31.8 Å². The lowest BCUT2D eigenvalue weighted by atomic mass is 9.70. The molecule has 2 aliphatic carbocycles. The van der Waals surface area contributed by atoms with Gasteiger partial charge >= 0.3 is 5.97 Å². The summed E-state index contributed by atoms with van der Waals surface area (Å²) in [5, 5.41) is 3.81. The average molecular weight is 388 g/mol. The highest BCUT2D eigenvalue weighted by molar-refractivity contribution is 5.89. The van der Waals surface area contributed by atoms with Gasteiger partial charge in [-0.05, 0) is 85.5 Å². The zero-order valence-corrected chi connectivity index (χ0v) is 17.5. The molecule has 0 aliphatic heterocycles. The minimum Gasteiger partial charge on any atom is -0.462 e. The van der Waals surface area contributed by atoms with Crippen molar-refractivity contribution in [3.63, 3.8) is 0 Å². The number of benzene rings is 2. The van der Waals surface area contributed by atoms with E-state index in [0.717, 1.165) is 11.1 Å². The van der Waals surface area contributed by atoms with Crippen molar-refractivity contribution in [3.05, 3.63) is 70.3 Å². The Morgan fingerprint density at radius 2 is 1.76 bits per heavy atom. The normalized spacial score (nSPS) is 19.6. The Labute approximate surface area is 173 Å². The van der Waals surface area contributed by atoms with Crippen molar-refractivity contribution in [1.82, 2.24) is 5.32 Å². The molecule has 1 saturated carbocycles. The van der Waals surface area contributed by atoms with E-state index in [1.54, 1.807) is 12.1 Å². The van der Waals surface area contributed by atoms with Crippen LogP contribution in [0.3, 0.4) is 0 Å². The number of fused-ring (bicyclic) bond motifs is 1. The molecule has 0 bridgehead atoms. The Kier molecular flexibility index (Phi) is 5.48. The molecule has 1 atom stereocenters. The van der Waals surface area contributed by atoms with Crippen LogP contribution in [0.4, 0.5) is 0 Å². The van der Waals surface area contributed by atoms with Crippen LogP contribution in [0.15, 0.2) is 42.5 Å². The van der Waals surface area contributed by atoms with E-state index in [0.29, 0.717) is 24.3 Å². The van der Waals surface area contributed by atoms with E-state index in [-0.39, 0.29) is 11.4 Å². The predicted octanol–water partition coefficient (Wildman–Crippen LogP) is 5.13. The van der Waals surface area contributed by atoms with Crippen molar-refractivity contribution in [2.45, 2.75) is 64.0 Å². The number of carbonyl (C=O) groups is 1. The Morgan fingerprint density at radius 1 is 1.07 bits per heavy atom. The molecule has 0 aromatic heterocycles. The fourth-order valence-electron chi connectivity index (χ4n) is 4.08. The van der Waals surface area contributed by atoms with Crippen LogP contribution >= 0.6 is 0 Å². The fourth-order valence-corrected chi connectivity index (χ4v) is 4.08. The second-order valence-electron chi connectivity index (χ2n) is 8.77. The van der Waals surface area contributed by atoms with Gasteiger partial charge in [0.1, 0.15) is 0 Å². The fraction of sp³-hybridized carbons (Fsp3) is 0.423. The van der Waals surface area contributed by atoms with E-state index in [1.807, 2.05) is 19.1 Å². The minimum absolute atomic E-state index is 0.177. The number of ether oxygens (including phenoxy) is 1. The molecule has 29 heavy (non-hydrogen) atoms. The van der Waals surface area contributed by atoms with Gasteiger partial charge in [-0.15, -0.1) is 0 Å². The van der Waals surface area contributed by atoms with Crippen molar-refractivity contribution >= 4 is 5.97 Å². The van der Waals surface area contributed by atoms with Gasteiger partial charge in [0.2, 0.25) is 0 Å². The van der Waals surface area contributed by atoms with E-state index in [2.05, 4.69) is 49.2 Å². The predicted molar refractivity (Wildman–Crippen MR) is 116 cm³/mol. The zero-order valence-electron chi connectivity index (χ0n) is 17.5. The molecule has 0 radical (unpaired) electrons. The Morgan fingerprint density at radius 3 is 2.45 bits per heavy atom. The van der Waals surface area contributed by atoms with Gasteiger partial charge in [-0.25, -0.2) is 4.79 Å². The Bertz CT molecular complexity index is 958. The summed E-state index contributed by atoms with van der Waals surface area (Å²) in [6.07, 6.45) is 5.02. The molecule has 0 saturated heterocycles. The largest absolute Gasteiger partial charge is 0.462 e. The molecule has 0 spiro atoms. The lowest BCUT2D eigenvalue weighted by molar-refractivity contribution is 0.0526. The second kappa shape index (κ2) is 8.05. The first-order valence-electron chi connectivity index (χ1n) is 10.7. The zero-order chi connectivity index (χ0) is 20.4. The molecule has 2 aromatic carbocycles. The van der Waals surface area contributed by atoms with E-state index in [9.17, 15) is 4.79 Å². The molecular weight excluding hydrogens is 358 g/mol. The van der Waals surface area contributed by atoms with Crippen LogP contribution < -0.4 is 5.32 Å². The van der Waals surface area contributed by atoms with Gasteiger partial charge in [-0.3, -0.25) is 0 Å². The van der Waals surface area contributed by atoms with Crippen molar-refractivity contribution < 1.29 is 9.53 Å². The van der Waals surface area contributed by atoms with Crippen molar-refractivity contribution in [3.8, 4) is 11.8 Å². The van der Waals surface area contributed by atoms with E-state index in [1.165, 1.54) is 36.8 Å². The molecule has 2 aliphatic rings. The summed E-state index contributed by atoms with van der Waals surface area (Å²) in [7, 11) is 0. The van der Waals surface area contributed by atoms with Crippen LogP contribution in [0.5, 0.6) is 0 Å². The lowest BCUT2D eigenvalue weighted by Crippen LogP contribution is -2.33. The number of rotatable bonds is 4. The van der Waals surface area contributed by atoms with Gasteiger partial charge in [0.05, 0.1) is 12.2 Å². The molecule has 1 N–H and O–H groups in total. The third-order valence-electron chi connectivity index (χ3n) is 5.98. The summed E-state index contributed by atoms with van der Waals surface area (Å²) >= 11 is 0. The smallest absolute Gasteiger partial charge is 0.338 e. The molecule has 1 fully saturated rings. The first-order valence-corrected chi connectivity index (χ1v) is 10.7. The quantitative estimate of drug-likeness (QED) is 0.584. The van der Waals surface area contributed by atoms with Crippen LogP contribution in [0, 0.1) is 11.8 Å². The number of hydrogen-bond acceptors (Lipinski definition) is 3. The third-order valence-corrected chi connectivity index (χ3v) is 5.98.